The van der Waals surface area contributed by atoms with Gasteiger partial charge >= 0.3 is 11.9 Å². The fraction of sp³-hybridized carbons (Fsp3) is 0.316. The standard InChI is InChI=1S/C19H20BrNO6/c1-4-25-19(24)17-11(2)18(21-12(17)3)15(22)9-27-16(23)10-26-14-7-5-6-13(20)8-14/h5-8,21H,4,9-10H2,1-3H3. The van der Waals surface area contributed by atoms with Gasteiger partial charge in [0.15, 0.2) is 13.2 Å². The van der Waals surface area contributed by atoms with Gasteiger partial charge in [0.25, 0.3) is 0 Å². The number of nitrogens with one attached hydrogen (secondary N) is 1. The van der Waals surface area contributed by atoms with Crippen LogP contribution in [0.15, 0.2) is 28.7 Å². The van der Waals surface area contributed by atoms with E-state index in [4.69, 9.17) is 14.2 Å². The van der Waals surface area contributed by atoms with Gasteiger partial charge in [-0.15, -0.1) is 0 Å². The third kappa shape index (κ3) is 5.43. The molecule has 0 radical (unpaired) electrons. The molecule has 1 N–H and O–H groups in total. The van der Waals surface area contributed by atoms with Crippen molar-refractivity contribution in [2.24, 2.45) is 0 Å². The van der Waals surface area contributed by atoms with Crippen LogP contribution >= 0.6 is 15.9 Å². The summed E-state index contributed by atoms with van der Waals surface area (Å²) in [4.78, 5) is 39.0. The number of hydrogen-bond donors (Lipinski definition) is 1. The highest BCUT2D eigenvalue weighted by Gasteiger charge is 2.23. The first kappa shape index (κ1) is 20.7. The Morgan fingerprint density at radius 1 is 1.11 bits per heavy atom. The molecule has 7 nitrogen and oxygen atoms in total. The Morgan fingerprint density at radius 3 is 2.52 bits per heavy atom. The Balaban J connectivity index is 1.92. The fourth-order valence-electron chi connectivity index (χ4n) is 2.50. The summed E-state index contributed by atoms with van der Waals surface area (Å²) in [5.41, 5.74) is 1.54. The number of ether oxygens (including phenoxy) is 3. The molecule has 8 heteroatoms. The first-order valence-corrected chi connectivity index (χ1v) is 9.06. The van der Waals surface area contributed by atoms with Crippen LogP contribution in [0, 0.1) is 13.8 Å². The number of carbonyl (C=O) groups excluding carboxylic acids is 3. The minimum atomic E-state index is -0.671. The monoisotopic (exact) mass is 437 g/mol. The molecule has 0 bridgehead atoms. The molecule has 0 amide bonds. The van der Waals surface area contributed by atoms with Gasteiger partial charge in [0, 0.05) is 10.2 Å². The number of aryl methyl sites for hydroxylation is 1. The molecule has 2 aromatic rings. The van der Waals surface area contributed by atoms with Crippen molar-refractivity contribution in [2.45, 2.75) is 20.8 Å². The van der Waals surface area contributed by atoms with E-state index in [1.807, 2.05) is 6.07 Å². The van der Waals surface area contributed by atoms with Crippen LogP contribution in [-0.2, 0) is 14.3 Å². The number of carbonyl (C=O) groups is 3. The Labute approximate surface area is 165 Å². The molecule has 1 aromatic heterocycles. The van der Waals surface area contributed by atoms with Crippen molar-refractivity contribution in [3.05, 3.63) is 51.3 Å². The van der Waals surface area contributed by atoms with Crippen LogP contribution in [-0.4, -0.2) is 42.5 Å². The van der Waals surface area contributed by atoms with Crippen molar-refractivity contribution in [3.63, 3.8) is 0 Å². The molecular weight excluding hydrogens is 418 g/mol. The molecular formula is C19H20BrNO6. The van der Waals surface area contributed by atoms with E-state index in [-0.39, 0.29) is 18.9 Å². The summed E-state index contributed by atoms with van der Waals surface area (Å²) in [7, 11) is 0. The quantitative estimate of drug-likeness (QED) is 0.502. The fourth-order valence-corrected chi connectivity index (χ4v) is 2.88. The predicted octanol–water partition coefficient (Wildman–Crippen LogP) is 3.38. The van der Waals surface area contributed by atoms with Crippen LogP contribution < -0.4 is 4.74 Å². The van der Waals surface area contributed by atoms with Crippen molar-refractivity contribution in [1.82, 2.24) is 4.98 Å². The topological polar surface area (TPSA) is 94.7 Å². The van der Waals surface area contributed by atoms with E-state index in [2.05, 4.69) is 20.9 Å². The summed E-state index contributed by atoms with van der Waals surface area (Å²) in [6, 6.07) is 7.01. The molecule has 0 aliphatic heterocycles. The van der Waals surface area contributed by atoms with Crippen molar-refractivity contribution in [3.8, 4) is 5.75 Å². The second kappa shape index (κ2) is 9.36. The molecule has 1 heterocycles. The number of hydrogen-bond acceptors (Lipinski definition) is 6. The largest absolute Gasteiger partial charge is 0.482 e. The number of Topliss-reactive ketones (excluding diaryl/α,β-unsaturated/α-hetero) is 1. The smallest absolute Gasteiger partial charge is 0.344 e. The molecule has 0 unspecified atom stereocenters. The molecule has 0 spiro atoms. The zero-order valence-electron chi connectivity index (χ0n) is 15.3. The van der Waals surface area contributed by atoms with E-state index in [1.54, 1.807) is 39.0 Å². The van der Waals surface area contributed by atoms with Crippen LogP contribution in [0.3, 0.4) is 0 Å². The molecule has 0 fully saturated rings. The Bertz CT molecular complexity index is 858. The zero-order chi connectivity index (χ0) is 20.0. The predicted molar refractivity (Wildman–Crippen MR) is 101 cm³/mol. The van der Waals surface area contributed by atoms with Crippen LogP contribution in [0.25, 0.3) is 0 Å². The van der Waals surface area contributed by atoms with E-state index in [9.17, 15) is 14.4 Å². The lowest BCUT2D eigenvalue weighted by atomic mass is 10.1. The highest BCUT2D eigenvalue weighted by molar-refractivity contribution is 9.10. The average Bonchev–Trinajstić information content (AvgIpc) is 2.92. The van der Waals surface area contributed by atoms with Gasteiger partial charge in [-0.1, -0.05) is 22.0 Å². The van der Waals surface area contributed by atoms with Crippen molar-refractivity contribution in [2.75, 3.05) is 19.8 Å². The number of aromatic nitrogens is 1. The summed E-state index contributed by atoms with van der Waals surface area (Å²) in [6.07, 6.45) is 0. The highest BCUT2D eigenvalue weighted by Crippen LogP contribution is 2.20. The van der Waals surface area contributed by atoms with Crippen molar-refractivity contribution in [1.29, 1.82) is 0 Å². The summed E-state index contributed by atoms with van der Waals surface area (Å²) >= 11 is 3.30. The third-order valence-corrected chi connectivity index (χ3v) is 4.21. The molecule has 2 rings (SSSR count). The van der Waals surface area contributed by atoms with Crippen LogP contribution in [0.5, 0.6) is 5.75 Å². The van der Waals surface area contributed by atoms with Gasteiger partial charge in [-0.3, -0.25) is 4.79 Å². The highest BCUT2D eigenvalue weighted by atomic mass is 79.9. The maximum Gasteiger partial charge on any atom is 0.344 e. The third-order valence-electron chi connectivity index (χ3n) is 3.71. The van der Waals surface area contributed by atoms with Crippen LogP contribution in [0.4, 0.5) is 0 Å². The number of halogens is 1. The Hall–Kier alpha value is -2.61. The van der Waals surface area contributed by atoms with E-state index >= 15 is 0 Å². The lowest BCUT2D eigenvalue weighted by Crippen LogP contribution is -2.20. The summed E-state index contributed by atoms with van der Waals surface area (Å²) in [5.74, 6) is -1.11. The van der Waals surface area contributed by atoms with E-state index in [0.29, 0.717) is 22.6 Å². The second-order valence-electron chi connectivity index (χ2n) is 5.68. The van der Waals surface area contributed by atoms with E-state index in [0.717, 1.165) is 4.47 Å². The SMILES string of the molecule is CCOC(=O)c1c(C)[nH]c(C(=O)COC(=O)COc2cccc(Br)c2)c1C. The average molecular weight is 438 g/mol. The van der Waals surface area contributed by atoms with Gasteiger partial charge in [-0.2, -0.15) is 0 Å². The minimum absolute atomic E-state index is 0.219. The molecule has 0 aliphatic carbocycles. The maximum atomic E-state index is 12.3. The normalized spacial score (nSPS) is 10.4. The van der Waals surface area contributed by atoms with Gasteiger partial charge in [-0.05, 0) is 44.5 Å². The molecule has 144 valence electrons. The number of H-pyrrole nitrogens is 1. The molecule has 0 atom stereocenters. The van der Waals surface area contributed by atoms with Gasteiger partial charge in [0.1, 0.15) is 5.75 Å². The first-order chi connectivity index (χ1) is 12.8. The number of rotatable bonds is 8. The molecule has 0 saturated carbocycles. The van der Waals surface area contributed by atoms with E-state index < -0.39 is 24.3 Å². The van der Waals surface area contributed by atoms with Crippen LogP contribution in [0.2, 0.25) is 0 Å². The Kier molecular flexibility index (Phi) is 7.18. The zero-order valence-corrected chi connectivity index (χ0v) is 16.8. The van der Waals surface area contributed by atoms with Gasteiger partial charge in [-0.25, -0.2) is 9.59 Å². The maximum absolute atomic E-state index is 12.3. The van der Waals surface area contributed by atoms with E-state index in [1.165, 1.54) is 0 Å². The van der Waals surface area contributed by atoms with Crippen molar-refractivity contribution >= 4 is 33.7 Å². The minimum Gasteiger partial charge on any atom is -0.482 e. The molecule has 1 aromatic carbocycles. The first-order valence-electron chi connectivity index (χ1n) is 8.27. The summed E-state index contributed by atoms with van der Waals surface area (Å²) < 4.78 is 16.1. The number of ketones is 1. The molecule has 27 heavy (non-hydrogen) atoms. The van der Waals surface area contributed by atoms with Gasteiger partial charge in [0.2, 0.25) is 5.78 Å². The molecule has 0 aliphatic rings. The number of benzene rings is 1. The lowest BCUT2D eigenvalue weighted by Gasteiger charge is -2.07. The Morgan fingerprint density at radius 2 is 1.85 bits per heavy atom. The summed E-state index contributed by atoms with van der Waals surface area (Å²) in [5, 5.41) is 0. The van der Waals surface area contributed by atoms with Gasteiger partial charge in [0.05, 0.1) is 17.9 Å². The van der Waals surface area contributed by atoms with Crippen molar-refractivity contribution < 1.29 is 28.6 Å². The number of esters is 2. The summed E-state index contributed by atoms with van der Waals surface area (Å²) in [6.45, 7) is 4.48. The second-order valence-corrected chi connectivity index (χ2v) is 6.59. The lowest BCUT2D eigenvalue weighted by molar-refractivity contribution is -0.144. The molecule has 0 saturated heterocycles. The van der Waals surface area contributed by atoms with Gasteiger partial charge < -0.3 is 19.2 Å². The van der Waals surface area contributed by atoms with Crippen LogP contribution in [0.1, 0.15) is 39.0 Å². The number of aromatic amines is 1.